The number of hydrogen-bond donors (Lipinski definition) is 2. The summed E-state index contributed by atoms with van der Waals surface area (Å²) in [6, 6.07) is 14.0. The van der Waals surface area contributed by atoms with Crippen molar-refractivity contribution in [1.29, 1.82) is 0 Å². The van der Waals surface area contributed by atoms with Gasteiger partial charge in [0.15, 0.2) is 11.5 Å². The lowest BCUT2D eigenvalue weighted by Gasteiger charge is -2.11. The molecule has 4 rings (SSSR count). The average molecular weight is 352 g/mol. The molecular formula is C19H17FN4O2. The Balaban J connectivity index is 1.50. The van der Waals surface area contributed by atoms with E-state index >= 15 is 0 Å². The van der Waals surface area contributed by atoms with E-state index in [0.717, 1.165) is 17.1 Å². The van der Waals surface area contributed by atoms with Crippen molar-refractivity contribution in [3.05, 3.63) is 65.6 Å². The smallest absolute Gasteiger partial charge is 0.231 e. The Hall–Kier alpha value is -3.35. The van der Waals surface area contributed by atoms with E-state index in [-0.39, 0.29) is 12.6 Å². The predicted molar refractivity (Wildman–Crippen MR) is 96.3 cm³/mol. The van der Waals surface area contributed by atoms with Crippen molar-refractivity contribution in [3.63, 3.8) is 0 Å². The number of fused-ring (bicyclic) bond motifs is 1. The van der Waals surface area contributed by atoms with E-state index in [9.17, 15) is 4.39 Å². The fourth-order valence-electron chi connectivity index (χ4n) is 2.65. The van der Waals surface area contributed by atoms with Crippen molar-refractivity contribution < 1.29 is 13.9 Å². The van der Waals surface area contributed by atoms with Gasteiger partial charge in [-0.1, -0.05) is 18.2 Å². The van der Waals surface area contributed by atoms with Crippen LogP contribution >= 0.6 is 0 Å². The third-order valence-electron chi connectivity index (χ3n) is 3.89. The number of aromatic nitrogens is 2. The normalized spacial score (nSPS) is 12.1. The van der Waals surface area contributed by atoms with E-state index < -0.39 is 0 Å². The third kappa shape index (κ3) is 3.51. The first kappa shape index (κ1) is 16.1. The molecule has 2 N–H and O–H groups in total. The molecule has 0 bridgehead atoms. The summed E-state index contributed by atoms with van der Waals surface area (Å²) in [5.74, 6) is 2.22. The second-order valence-corrected chi connectivity index (χ2v) is 5.86. The summed E-state index contributed by atoms with van der Waals surface area (Å²) in [4.78, 5) is 8.79. The third-order valence-corrected chi connectivity index (χ3v) is 3.89. The molecule has 0 unspecified atom stereocenters. The standard InChI is InChI=1S/C19H17FN4O2/c1-12-8-18(23-14-6-7-16-17(9-14)26-11-25-16)24-19(22-12)21-10-13-4-2-3-5-15(13)20/h2-9H,10-11H2,1H3,(H2,21,22,23,24). The molecule has 0 spiro atoms. The first-order valence-corrected chi connectivity index (χ1v) is 8.17. The summed E-state index contributed by atoms with van der Waals surface area (Å²) in [6.45, 7) is 2.41. The number of benzene rings is 2. The molecule has 6 nitrogen and oxygen atoms in total. The van der Waals surface area contributed by atoms with E-state index in [4.69, 9.17) is 9.47 Å². The number of anilines is 3. The maximum Gasteiger partial charge on any atom is 0.231 e. The molecule has 1 aliphatic heterocycles. The molecule has 3 aromatic rings. The van der Waals surface area contributed by atoms with Crippen molar-refractivity contribution in [1.82, 2.24) is 9.97 Å². The lowest BCUT2D eigenvalue weighted by molar-refractivity contribution is 0.174. The molecule has 0 aliphatic carbocycles. The van der Waals surface area contributed by atoms with Crippen LogP contribution in [0.15, 0.2) is 48.5 Å². The first-order chi connectivity index (χ1) is 12.7. The van der Waals surface area contributed by atoms with Gasteiger partial charge in [0, 0.05) is 35.6 Å². The van der Waals surface area contributed by atoms with E-state index in [1.807, 2.05) is 31.2 Å². The van der Waals surface area contributed by atoms with Crippen molar-refractivity contribution >= 4 is 17.5 Å². The van der Waals surface area contributed by atoms with Gasteiger partial charge in [0.05, 0.1) is 0 Å². The minimum atomic E-state index is -0.258. The SMILES string of the molecule is Cc1cc(Nc2ccc3c(c2)OCO3)nc(NCc2ccccc2F)n1. The Kier molecular flexibility index (Phi) is 4.27. The molecule has 1 aliphatic rings. The number of nitrogens with zero attached hydrogens (tertiary/aromatic N) is 2. The first-order valence-electron chi connectivity index (χ1n) is 8.17. The summed E-state index contributed by atoms with van der Waals surface area (Å²) < 4.78 is 24.4. The minimum absolute atomic E-state index is 0.232. The molecule has 132 valence electrons. The summed E-state index contributed by atoms with van der Waals surface area (Å²) in [5, 5.41) is 6.29. The highest BCUT2D eigenvalue weighted by atomic mass is 19.1. The average Bonchev–Trinajstić information content (AvgIpc) is 3.08. The van der Waals surface area contributed by atoms with Crippen LogP contribution in [0, 0.1) is 12.7 Å². The monoisotopic (exact) mass is 352 g/mol. The van der Waals surface area contributed by atoms with Crippen LogP contribution in [0.5, 0.6) is 11.5 Å². The molecule has 0 amide bonds. The van der Waals surface area contributed by atoms with Crippen LogP contribution < -0.4 is 20.1 Å². The molecule has 2 heterocycles. The van der Waals surface area contributed by atoms with Crippen LogP contribution in [0.2, 0.25) is 0 Å². The lowest BCUT2D eigenvalue weighted by Crippen LogP contribution is -2.07. The molecular weight excluding hydrogens is 335 g/mol. The Morgan fingerprint density at radius 1 is 1.04 bits per heavy atom. The summed E-state index contributed by atoms with van der Waals surface area (Å²) in [7, 11) is 0. The van der Waals surface area contributed by atoms with Crippen molar-refractivity contribution in [3.8, 4) is 11.5 Å². The molecule has 7 heteroatoms. The molecule has 1 aromatic heterocycles. The molecule has 0 saturated carbocycles. The van der Waals surface area contributed by atoms with Gasteiger partial charge in [-0.25, -0.2) is 9.37 Å². The zero-order valence-corrected chi connectivity index (χ0v) is 14.1. The van der Waals surface area contributed by atoms with Gasteiger partial charge in [0.2, 0.25) is 12.7 Å². The summed E-state index contributed by atoms with van der Waals surface area (Å²) >= 11 is 0. The van der Waals surface area contributed by atoms with Crippen LogP contribution in [0.1, 0.15) is 11.3 Å². The second-order valence-electron chi connectivity index (χ2n) is 5.86. The minimum Gasteiger partial charge on any atom is -0.454 e. The van der Waals surface area contributed by atoms with Gasteiger partial charge in [-0.3, -0.25) is 0 Å². The highest BCUT2D eigenvalue weighted by Gasteiger charge is 2.13. The lowest BCUT2D eigenvalue weighted by atomic mass is 10.2. The maximum atomic E-state index is 13.7. The fraction of sp³-hybridized carbons (Fsp3) is 0.158. The van der Waals surface area contributed by atoms with Crippen molar-refractivity contribution in [2.75, 3.05) is 17.4 Å². The van der Waals surface area contributed by atoms with Crippen LogP contribution in [0.25, 0.3) is 0 Å². The molecule has 0 saturated heterocycles. The molecule has 2 aromatic carbocycles. The van der Waals surface area contributed by atoms with E-state index in [2.05, 4.69) is 20.6 Å². The zero-order chi connectivity index (χ0) is 17.9. The Bertz CT molecular complexity index is 949. The maximum absolute atomic E-state index is 13.7. The van der Waals surface area contributed by atoms with Gasteiger partial charge in [0.1, 0.15) is 11.6 Å². The van der Waals surface area contributed by atoms with Crippen molar-refractivity contribution in [2.45, 2.75) is 13.5 Å². The number of aryl methyl sites for hydroxylation is 1. The van der Waals surface area contributed by atoms with E-state index in [1.54, 1.807) is 18.2 Å². The largest absolute Gasteiger partial charge is 0.454 e. The van der Waals surface area contributed by atoms with Gasteiger partial charge in [-0.05, 0) is 25.1 Å². The van der Waals surface area contributed by atoms with Gasteiger partial charge < -0.3 is 20.1 Å². The van der Waals surface area contributed by atoms with Crippen molar-refractivity contribution in [2.24, 2.45) is 0 Å². The Labute approximate surface area is 150 Å². The van der Waals surface area contributed by atoms with Gasteiger partial charge >= 0.3 is 0 Å². The van der Waals surface area contributed by atoms with Crippen LogP contribution in [0.4, 0.5) is 21.8 Å². The fourth-order valence-corrected chi connectivity index (χ4v) is 2.65. The molecule has 0 radical (unpaired) electrons. The highest BCUT2D eigenvalue weighted by Crippen LogP contribution is 2.35. The molecule has 26 heavy (non-hydrogen) atoms. The highest BCUT2D eigenvalue weighted by molar-refractivity contribution is 5.62. The number of ether oxygens (including phenoxy) is 2. The zero-order valence-electron chi connectivity index (χ0n) is 14.1. The Morgan fingerprint density at radius 3 is 2.77 bits per heavy atom. The number of rotatable bonds is 5. The number of nitrogens with one attached hydrogen (secondary N) is 2. The second kappa shape index (κ2) is 6.87. The quantitative estimate of drug-likeness (QED) is 0.723. The van der Waals surface area contributed by atoms with E-state index in [1.165, 1.54) is 6.07 Å². The van der Waals surface area contributed by atoms with Gasteiger partial charge in [0.25, 0.3) is 0 Å². The van der Waals surface area contributed by atoms with Crippen LogP contribution in [0.3, 0.4) is 0 Å². The molecule has 0 atom stereocenters. The Morgan fingerprint density at radius 2 is 1.88 bits per heavy atom. The number of halogens is 1. The van der Waals surface area contributed by atoms with Crippen LogP contribution in [-0.4, -0.2) is 16.8 Å². The van der Waals surface area contributed by atoms with Crippen LogP contribution in [-0.2, 0) is 6.54 Å². The topological polar surface area (TPSA) is 68.3 Å². The summed E-state index contributed by atoms with van der Waals surface area (Å²) in [6.07, 6.45) is 0. The van der Waals surface area contributed by atoms with Gasteiger partial charge in [-0.15, -0.1) is 0 Å². The molecule has 0 fully saturated rings. The predicted octanol–water partition coefficient (Wildman–Crippen LogP) is 4.01. The summed E-state index contributed by atoms with van der Waals surface area (Å²) in [5.41, 5.74) is 2.18. The van der Waals surface area contributed by atoms with Gasteiger partial charge in [-0.2, -0.15) is 4.98 Å². The number of hydrogen-bond acceptors (Lipinski definition) is 6. The van der Waals surface area contributed by atoms with E-state index in [0.29, 0.717) is 29.6 Å².